The first kappa shape index (κ1) is 29.5. The van der Waals surface area contributed by atoms with Crippen molar-refractivity contribution in [1.29, 1.82) is 0 Å². The molecule has 0 amide bonds. The molecule has 1 heterocycles. The van der Waals surface area contributed by atoms with Gasteiger partial charge in [0.05, 0.1) is 23.0 Å². The zero-order valence-electron chi connectivity index (χ0n) is 22.1. The first-order valence-corrected chi connectivity index (χ1v) is 14.8. The normalized spacial score (nSPS) is 16.4. The minimum absolute atomic E-state index is 0.0110. The fourth-order valence-electron chi connectivity index (χ4n) is 4.71. The number of sulfonamides is 1. The summed E-state index contributed by atoms with van der Waals surface area (Å²) in [6, 6.07) is 4.39. The Hall–Kier alpha value is -1.71. The maximum atomic E-state index is 13.9. The van der Waals surface area contributed by atoms with Crippen molar-refractivity contribution in [2.45, 2.75) is 84.0 Å². The molecule has 0 radical (unpaired) electrons. The Morgan fingerprint density at radius 3 is 2.00 bits per heavy atom. The molecule has 0 bridgehead atoms. The summed E-state index contributed by atoms with van der Waals surface area (Å²) < 4.78 is 34.8. The van der Waals surface area contributed by atoms with Crippen LogP contribution in [-0.2, 0) is 14.8 Å². The van der Waals surface area contributed by atoms with Gasteiger partial charge in [0.1, 0.15) is 5.69 Å². The molecule has 2 atom stereocenters. The summed E-state index contributed by atoms with van der Waals surface area (Å²) in [5.41, 5.74) is 0.288. The number of nitro benzene ring substituents is 1. The highest BCUT2D eigenvalue weighted by atomic mass is 32.2. The average molecular weight is 512 g/mol. The Balaban J connectivity index is 2.42. The lowest BCUT2D eigenvalue weighted by atomic mass is 9.97. The minimum atomic E-state index is -3.88. The van der Waals surface area contributed by atoms with Gasteiger partial charge in [-0.05, 0) is 36.8 Å². The highest BCUT2D eigenvalue weighted by molar-refractivity contribution is 7.89. The van der Waals surface area contributed by atoms with Crippen LogP contribution in [0.25, 0.3) is 0 Å². The van der Waals surface area contributed by atoms with Crippen molar-refractivity contribution in [2.75, 3.05) is 44.3 Å². The van der Waals surface area contributed by atoms with Crippen molar-refractivity contribution in [3.63, 3.8) is 0 Å². The molecule has 1 aliphatic rings. The van der Waals surface area contributed by atoms with E-state index in [4.69, 9.17) is 4.74 Å². The molecule has 1 fully saturated rings. The molecule has 0 unspecified atom stereocenters. The van der Waals surface area contributed by atoms with Gasteiger partial charge < -0.3 is 9.64 Å². The summed E-state index contributed by atoms with van der Waals surface area (Å²) in [6.07, 6.45) is 8.08. The van der Waals surface area contributed by atoms with Crippen molar-refractivity contribution in [2.24, 2.45) is 11.8 Å². The molecular weight excluding hydrogens is 466 g/mol. The van der Waals surface area contributed by atoms with Gasteiger partial charge in [-0.3, -0.25) is 10.1 Å². The Labute approximate surface area is 212 Å². The molecule has 200 valence electrons. The van der Waals surface area contributed by atoms with E-state index in [0.29, 0.717) is 45.1 Å². The molecule has 1 aromatic carbocycles. The monoisotopic (exact) mass is 511 g/mol. The minimum Gasteiger partial charge on any atom is -0.378 e. The number of hydrogen-bond donors (Lipinski definition) is 0. The summed E-state index contributed by atoms with van der Waals surface area (Å²) >= 11 is 0. The van der Waals surface area contributed by atoms with E-state index in [-0.39, 0.29) is 22.4 Å². The van der Waals surface area contributed by atoms with E-state index in [1.54, 1.807) is 16.4 Å². The van der Waals surface area contributed by atoms with Crippen molar-refractivity contribution >= 4 is 21.4 Å². The van der Waals surface area contributed by atoms with Gasteiger partial charge in [0, 0.05) is 32.2 Å². The lowest BCUT2D eigenvalue weighted by molar-refractivity contribution is -0.384. The maximum Gasteiger partial charge on any atom is 0.293 e. The quantitative estimate of drug-likeness (QED) is 0.204. The molecule has 0 saturated carbocycles. The Morgan fingerprint density at radius 2 is 1.54 bits per heavy atom. The van der Waals surface area contributed by atoms with E-state index in [1.165, 1.54) is 6.07 Å². The number of benzene rings is 1. The van der Waals surface area contributed by atoms with Gasteiger partial charge in [-0.25, -0.2) is 8.42 Å². The molecule has 1 aromatic rings. The topological polar surface area (TPSA) is 93.0 Å². The van der Waals surface area contributed by atoms with E-state index >= 15 is 0 Å². The first-order valence-electron chi connectivity index (χ1n) is 13.4. The average Bonchev–Trinajstić information content (AvgIpc) is 2.87. The third kappa shape index (κ3) is 8.43. The summed E-state index contributed by atoms with van der Waals surface area (Å²) in [5, 5.41) is 11.9. The number of ether oxygens (including phenoxy) is 1. The number of nitro groups is 1. The molecule has 2 rings (SSSR count). The molecule has 8 nitrogen and oxygen atoms in total. The van der Waals surface area contributed by atoms with Gasteiger partial charge >= 0.3 is 0 Å². The second kappa shape index (κ2) is 14.8. The molecule has 0 N–H and O–H groups in total. The fraction of sp³-hybridized carbons (Fsp3) is 0.769. The van der Waals surface area contributed by atoms with Crippen LogP contribution in [0.1, 0.15) is 79.1 Å². The van der Waals surface area contributed by atoms with Gasteiger partial charge in [0.15, 0.2) is 0 Å². The van der Waals surface area contributed by atoms with Crippen LogP contribution in [0, 0.1) is 22.0 Å². The zero-order valence-corrected chi connectivity index (χ0v) is 22.9. The van der Waals surface area contributed by atoms with Crippen LogP contribution in [0.5, 0.6) is 0 Å². The van der Waals surface area contributed by atoms with Gasteiger partial charge in [-0.15, -0.1) is 0 Å². The summed E-state index contributed by atoms with van der Waals surface area (Å²) in [6.45, 7) is 11.5. The predicted molar refractivity (Wildman–Crippen MR) is 141 cm³/mol. The van der Waals surface area contributed by atoms with Crippen LogP contribution in [0.3, 0.4) is 0 Å². The fourth-order valence-corrected chi connectivity index (χ4v) is 6.32. The number of unbranched alkanes of at least 4 members (excludes halogenated alkanes) is 2. The maximum absolute atomic E-state index is 13.9. The SMILES string of the molecule is CCCC[C@@H](CC)CN(C[C@H](CC)CCCC)S(=O)(=O)c1ccc(N2CCOCC2)c([N+](=O)[O-])c1. The van der Waals surface area contributed by atoms with Gasteiger partial charge in [0.25, 0.3) is 5.69 Å². The van der Waals surface area contributed by atoms with Crippen molar-refractivity contribution in [3.05, 3.63) is 28.3 Å². The summed E-state index contributed by atoms with van der Waals surface area (Å²) in [7, 11) is -3.88. The number of hydrogen-bond acceptors (Lipinski definition) is 6. The van der Waals surface area contributed by atoms with E-state index in [1.807, 2.05) is 4.90 Å². The van der Waals surface area contributed by atoms with Crippen LogP contribution < -0.4 is 4.90 Å². The lowest BCUT2D eigenvalue weighted by Crippen LogP contribution is -2.39. The molecule has 0 aliphatic carbocycles. The highest BCUT2D eigenvalue weighted by Crippen LogP contribution is 2.33. The number of morpholine rings is 1. The van der Waals surface area contributed by atoms with Crippen LogP contribution in [0.2, 0.25) is 0 Å². The predicted octanol–water partition coefficient (Wildman–Crippen LogP) is 5.85. The molecule has 1 aliphatic heterocycles. The smallest absolute Gasteiger partial charge is 0.293 e. The Bertz CT molecular complexity index is 869. The number of nitrogens with zero attached hydrogens (tertiary/aromatic N) is 3. The second-order valence-electron chi connectivity index (χ2n) is 9.66. The van der Waals surface area contributed by atoms with Crippen LogP contribution in [0.15, 0.2) is 23.1 Å². The van der Waals surface area contributed by atoms with Gasteiger partial charge in [-0.1, -0.05) is 66.2 Å². The Kier molecular flexibility index (Phi) is 12.4. The standard InChI is InChI=1S/C26H45N3O5S/c1-5-9-11-22(7-3)20-28(21-23(8-4)12-10-6-2)35(32,33)24-13-14-25(26(19-24)29(30)31)27-15-17-34-18-16-27/h13-14,19,22-23H,5-12,15-18,20-21H2,1-4H3/t22-,23-/m1/s1. The third-order valence-corrected chi connectivity index (χ3v) is 8.97. The molecule has 1 saturated heterocycles. The molecule has 35 heavy (non-hydrogen) atoms. The van der Waals surface area contributed by atoms with E-state index in [0.717, 1.165) is 51.4 Å². The first-order chi connectivity index (χ1) is 16.8. The molecule has 0 aromatic heterocycles. The van der Waals surface area contributed by atoms with E-state index in [2.05, 4.69) is 27.7 Å². The van der Waals surface area contributed by atoms with Crippen LogP contribution >= 0.6 is 0 Å². The zero-order chi connectivity index (χ0) is 25.8. The third-order valence-electron chi connectivity index (χ3n) is 7.14. The molecule has 0 spiro atoms. The van der Waals surface area contributed by atoms with Crippen molar-refractivity contribution in [3.8, 4) is 0 Å². The van der Waals surface area contributed by atoms with Crippen molar-refractivity contribution in [1.82, 2.24) is 4.31 Å². The van der Waals surface area contributed by atoms with Gasteiger partial charge in [0.2, 0.25) is 10.0 Å². The second-order valence-corrected chi connectivity index (χ2v) is 11.6. The number of rotatable bonds is 16. The molecular formula is C26H45N3O5S. The largest absolute Gasteiger partial charge is 0.378 e. The summed E-state index contributed by atoms with van der Waals surface area (Å²) in [4.78, 5) is 13.4. The van der Waals surface area contributed by atoms with E-state index in [9.17, 15) is 18.5 Å². The molecule has 9 heteroatoms. The van der Waals surface area contributed by atoms with Gasteiger partial charge in [-0.2, -0.15) is 4.31 Å². The van der Waals surface area contributed by atoms with E-state index < -0.39 is 14.9 Å². The lowest BCUT2D eigenvalue weighted by Gasteiger charge is -2.31. The Morgan fingerprint density at radius 1 is 1.00 bits per heavy atom. The number of anilines is 1. The summed E-state index contributed by atoms with van der Waals surface area (Å²) in [5.74, 6) is 0.548. The van der Waals surface area contributed by atoms with Crippen LogP contribution in [-0.4, -0.2) is 57.0 Å². The van der Waals surface area contributed by atoms with Crippen molar-refractivity contribution < 1.29 is 18.1 Å². The van der Waals surface area contributed by atoms with Crippen LogP contribution in [0.4, 0.5) is 11.4 Å². The highest BCUT2D eigenvalue weighted by Gasteiger charge is 2.31.